The number of phenols is 1. The van der Waals surface area contributed by atoms with Crippen molar-refractivity contribution in [1.82, 2.24) is 10.2 Å². The number of phenolic OH excluding ortho intramolecular Hbond substituents is 1. The van der Waals surface area contributed by atoms with Crippen LogP contribution in [-0.4, -0.2) is 48.7 Å². The summed E-state index contributed by atoms with van der Waals surface area (Å²) in [6.45, 7) is 4.86. The molecule has 0 bridgehead atoms. The fraction of sp³-hybridized carbons (Fsp3) is 0.562. The third-order valence-corrected chi connectivity index (χ3v) is 4.83. The van der Waals surface area contributed by atoms with E-state index in [0.29, 0.717) is 23.1 Å². The predicted molar refractivity (Wildman–Crippen MR) is 79.6 cm³/mol. The van der Waals surface area contributed by atoms with Crippen LogP contribution in [0.4, 0.5) is 0 Å². The number of amides is 1. The van der Waals surface area contributed by atoms with Gasteiger partial charge in [0.15, 0.2) is 0 Å². The number of carbonyl (C=O) groups is 1. The maximum absolute atomic E-state index is 12.8. The molecule has 0 spiro atoms. The minimum atomic E-state index is -0.0901. The number of likely N-dealkylation sites (tertiary alicyclic amines) is 1. The van der Waals surface area contributed by atoms with E-state index in [1.54, 1.807) is 19.2 Å². The van der Waals surface area contributed by atoms with Gasteiger partial charge in [-0.05, 0) is 36.5 Å². The van der Waals surface area contributed by atoms with E-state index < -0.39 is 0 Å². The van der Waals surface area contributed by atoms with Crippen molar-refractivity contribution in [3.8, 4) is 11.5 Å². The van der Waals surface area contributed by atoms with Crippen LogP contribution in [-0.2, 0) is 0 Å². The highest BCUT2D eigenvalue weighted by atomic mass is 16.5. The van der Waals surface area contributed by atoms with Crippen molar-refractivity contribution in [3.05, 3.63) is 23.8 Å². The highest BCUT2D eigenvalue weighted by Crippen LogP contribution is 2.36. The molecule has 3 atom stereocenters. The molecule has 5 nitrogen and oxygen atoms in total. The van der Waals surface area contributed by atoms with Crippen molar-refractivity contribution in [2.75, 3.05) is 26.7 Å². The van der Waals surface area contributed by atoms with Gasteiger partial charge >= 0.3 is 0 Å². The fourth-order valence-electron chi connectivity index (χ4n) is 3.75. The third kappa shape index (κ3) is 2.35. The van der Waals surface area contributed by atoms with Crippen molar-refractivity contribution < 1.29 is 14.6 Å². The van der Waals surface area contributed by atoms with Crippen LogP contribution >= 0.6 is 0 Å². The lowest BCUT2D eigenvalue weighted by Crippen LogP contribution is -2.39. The number of hydrogen-bond donors (Lipinski definition) is 2. The zero-order chi connectivity index (χ0) is 15.0. The number of fused-ring (bicyclic) bond motifs is 1. The first-order valence-electron chi connectivity index (χ1n) is 7.54. The van der Waals surface area contributed by atoms with Gasteiger partial charge in [0.25, 0.3) is 5.91 Å². The highest BCUT2D eigenvalue weighted by Gasteiger charge is 2.45. The average molecular weight is 290 g/mol. The molecule has 5 heteroatoms. The minimum Gasteiger partial charge on any atom is -0.507 e. The summed E-state index contributed by atoms with van der Waals surface area (Å²) in [6, 6.07) is 5.05. The van der Waals surface area contributed by atoms with Gasteiger partial charge in [0.1, 0.15) is 11.5 Å². The normalized spacial score (nSPS) is 27.7. The van der Waals surface area contributed by atoms with E-state index in [2.05, 4.69) is 12.2 Å². The summed E-state index contributed by atoms with van der Waals surface area (Å²) < 4.78 is 5.16. The maximum atomic E-state index is 12.8. The van der Waals surface area contributed by atoms with Crippen molar-refractivity contribution in [1.29, 1.82) is 0 Å². The lowest BCUT2D eigenvalue weighted by atomic mass is 9.93. The van der Waals surface area contributed by atoms with Crippen molar-refractivity contribution >= 4 is 5.91 Å². The number of rotatable bonds is 3. The lowest BCUT2D eigenvalue weighted by molar-refractivity contribution is 0.0708. The Labute approximate surface area is 124 Å². The highest BCUT2D eigenvalue weighted by molar-refractivity contribution is 5.97. The van der Waals surface area contributed by atoms with E-state index in [9.17, 15) is 9.90 Å². The van der Waals surface area contributed by atoms with Gasteiger partial charge in [-0.3, -0.25) is 4.79 Å². The molecule has 114 valence electrons. The van der Waals surface area contributed by atoms with Gasteiger partial charge in [-0.1, -0.05) is 6.92 Å². The standard InChI is InChI=1S/C16H22N2O3/c1-3-14-13-8-17-7-10(13)9-18(14)16(20)12-6-11(21-2)4-5-15(12)19/h4-6,10,13-14,17,19H,3,7-9H2,1-2H3. The van der Waals surface area contributed by atoms with Gasteiger partial charge in [0.05, 0.1) is 12.7 Å². The molecule has 1 aromatic rings. The first-order chi connectivity index (χ1) is 10.2. The number of methoxy groups -OCH3 is 1. The topological polar surface area (TPSA) is 61.8 Å². The molecule has 0 aliphatic carbocycles. The number of ether oxygens (including phenoxy) is 1. The van der Waals surface area contributed by atoms with Crippen LogP contribution in [0.2, 0.25) is 0 Å². The van der Waals surface area contributed by atoms with Gasteiger partial charge in [-0.15, -0.1) is 0 Å². The van der Waals surface area contributed by atoms with Gasteiger partial charge in [-0.2, -0.15) is 0 Å². The van der Waals surface area contributed by atoms with Gasteiger partial charge in [-0.25, -0.2) is 0 Å². The Morgan fingerprint density at radius 3 is 3.00 bits per heavy atom. The summed E-state index contributed by atoms with van der Waals surface area (Å²) in [6.07, 6.45) is 0.944. The average Bonchev–Trinajstić information content (AvgIpc) is 3.07. The van der Waals surface area contributed by atoms with E-state index in [1.165, 1.54) is 6.07 Å². The summed E-state index contributed by atoms with van der Waals surface area (Å²) in [7, 11) is 1.56. The van der Waals surface area contributed by atoms with Crippen LogP contribution in [0.1, 0.15) is 23.7 Å². The molecule has 3 unspecified atom stereocenters. The van der Waals surface area contributed by atoms with Gasteiger partial charge in [0, 0.05) is 25.7 Å². The first kappa shape index (κ1) is 14.2. The molecule has 0 saturated carbocycles. The Kier molecular flexibility index (Phi) is 3.76. The number of nitrogens with one attached hydrogen (secondary N) is 1. The Bertz CT molecular complexity index is 546. The molecule has 2 saturated heterocycles. The summed E-state index contributed by atoms with van der Waals surface area (Å²) in [4.78, 5) is 14.8. The van der Waals surface area contributed by atoms with E-state index in [0.717, 1.165) is 26.1 Å². The Morgan fingerprint density at radius 1 is 1.48 bits per heavy atom. The van der Waals surface area contributed by atoms with Gasteiger partial charge < -0.3 is 20.1 Å². The van der Waals surface area contributed by atoms with E-state index in [-0.39, 0.29) is 17.7 Å². The van der Waals surface area contributed by atoms with Crippen molar-refractivity contribution in [2.45, 2.75) is 19.4 Å². The largest absolute Gasteiger partial charge is 0.507 e. The molecule has 0 aromatic heterocycles. The van der Waals surface area contributed by atoms with Crippen LogP contribution in [0.15, 0.2) is 18.2 Å². The molecule has 1 amide bonds. The summed E-state index contributed by atoms with van der Waals surface area (Å²) in [5.74, 6) is 1.59. The molecule has 2 aliphatic heterocycles. The van der Waals surface area contributed by atoms with Crippen molar-refractivity contribution in [3.63, 3.8) is 0 Å². The monoisotopic (exact) mass is 290 g/mol. The molecule has 2 heterocycles. The van der Waals surface area contributed by atoms with E-state index in [1.807, 2.05) is 4.90 Å². The molecule has 1 aromatic carbocycles. The smallest absolute Gasteiger partial charge is 0.258 e. The minimum absolute atomic E-state index is 0.0193. The van der Waals surface area contributed by atoms with Crippen molar-refractivity contribution in [2.24, 2.45) is 11.8 Å². The number of benzene rings is 1. The number of aromatic hydroxyl groups is 1. The number of carbonyl (C=O) groups excluding carboxylic acids is 1. The summed E-state index contributed by atoms with van der Waals surface area (Å²) in [5, 5.41) is 13.4. The molecular formula is C16H22N2O3. The molecule has 0 radical (unpaired) electrons. The Morgan fingerprint density at radius 2 is 2.29 bits per heavy atom. The third-order valence-electron chi connectivity index (χ3n) is 4.83. The van der Waals surface area contributed by atoms with Crippen LogP contribution in [0, 0.1) is 11.8 Å². The number of hydrogen-bond acceptors (Lipinski definition) is 4. The molecule has 3 rings (SSSR count). The molecule has 21 heavy (non-hydrogen) atoms. The Balaban J connectivity index is 1.88. The second kappa shape index (κ2) is 5.56. The summed E-state index contributed by atoms with van der Waals surface area (Å²) >= 11 is 0. The fourth-order valence-corrected chi connectivity index (χ4v) is 3.75. The number of nitrogens with zero attached hydrogens (tertiary/aromatic N) is 1. The van der Waals surface area contributed by atoms with Crippen LogP contribution in [0.5, 0.6) is 11.5 Å². The Hall–Kier alpha value is -1.75. The SMILES string of the molecule is CCC1C2CNCC2CN1C(=O)c1cc(OC)ccc1O. The van der Waals surface area contributed by atoms with E-state index in [4.69, 9.17) is 4.74 Å². The predicted octanol–water partition coefficient (Wildman–Crippen LogP) is 1.47. The first-order valence-corrected chi connectivity index (χ1v) is 7.54. The molecule has 2 fully saturated rings. The maximum Gasteiger partial charge on any atom is 0.258 e. The second-order valence-corrected chi connectivity index (χ2v) is 5.90. The molecular weight excluding hydrogens is 268 g/mol. The molecule has 2 N–H and O–H groups in total. The lowest BCUT2D eigenvalue weighted by Gasteiger charge is -2.27. The van der Waals surface area contributed by atoms with Crippen LogP contribution < -0.4 is 10.1 Å². The zero-order valence-corrected chi connectivity index (χ0v) is 12.5. The molecule has 2 aliphatic rings. The van der Waals surface area contributed by atoms with Gasteiger partial charge in [0.2, 0.25) is 0 Å². The zero-order valence-electron chi connectivity index (χ0n) is 12.5. The van der Waals surface area contributed by atoms with E-state index >= 15 is 0 Å². The summed E-state index contributed by atoms with van der Waals surface area (Å²) in [5.41, 5.74) is 0.334. The second-order valence-electron chi connectivity index (χ2n) is 5.90. The van der Waals surface area contributed by atoms with Crippen LogP contribution in [0.25, 0.3) is 0 Å². The van der Waals surface area contributed by atoms with Crippen LogP contribution in [0.3, 0.4) is 0 Å². The quantitative estimate of drug-likeness (QED) is 0.885.